The highest BCUT2D eigenvalue weighted by molar-refractivity contribution is 9.10. The fourth-order valence-corrected chi connectivity index (χ4v) is 4.40. The van der Waals surface area contributed by atoms with Crippen molar-refractivity contribution in [2.45, 2.75) is 32.7 Å². The molecule has 0 radical (unpaired) electrons. The zero-order valence-corrected chi connectivity index (χ0v) is 13.9. The van der Waals surface area contributed by atoms with Gasteiger partial charge in [-0.05, 0) is 59.4 Å². The Morgan fingerprint density at radius 2 is 2.17 bits per heavy atom. The summed E-state index contributed by atoms with van der Waals surface area (Å²) in [5.41, 5.74) is 0. The molecule has 2 aromatic heterocycles. The van der Waals surface area contributed by atoms with Crippen LogP contribution in [-0.2, 0) is 6.42 Å². The molecule has 0 aliphatic carbocycles. The standard InChI is InChI=1S/C14H18BrNS2/c1-3-7-16-12(13-5-4-10(2)18-13)9-14-11(15)6-8-17-14/h4-6,8,12,16H,3,7,9H2,1-2H3. The molecule has 18 heavy (non-hydrogen) atoms. The van der Waals surface area contributed by atoms with Gasteiger partial charge < -0.3 is 5.32 Å². The van der Waals surface area contributed by atoms with Gasteiger partial charge in [-0.1, -0.05) is 6.92 Å². The third kappa shape index (κ3) is 3.67. The Morgan fingerprint density at radius 3 is 2.72 bits per heavy atom. The summed E-state index contributed by atoms with van der Waals surface area (Å²) in [5, 5.41) is 5.81. The lowest BCUT2D eigenvalue weighted by molar-refractivity contribution is 0.539. The topological polar surface area (TPSA) is 12.0 Å². The lowest BCUT2D eigenvalue weighted by Crippen LogP contribution is -2.23. The molecule has 1 nitrogen and oxygen atoms in total. The van der Waals surface area contributed by atoms with Crippen LogP contribution in [0.15, 0.2) is 28.1 Å². The normalized spacial score (nSPS) is 12.8. The zero-order valence-electron chi connectivity index (χ0n) is 10.7. The van der Waals surface area contributed by atoms with Crippen LogP contribution in [0, 0.1) is 6.92 Å². The Morgan fingerprint density at radius 1 is 1.33 bits per heavy atom. The summed E-state index contributed by atoms with van der Waals surface area (Å²) in [6, 6.07) is 7.05. The summed E-state index contributed by atoms with van der Waals surface area (Å²) in [7, 11) is 0. The van der Waals surface area contributed by atoms with Crippen molar-refractivity contribution in [3.05, 3.63) is 42.7 Å². The van der Waals surface area contributed by atoms with E-state index in [1.807, 2.05) is 22.7 Å². The smallest absolute Gasteiger partial charge is 0.0464 e. The molecule has 2 heterocycles. The number of hydrogen-bond acceptors (Lipinski definition) is 3. The Bertz CT molecular complexity index is 489. The molecule has 0 spiro atoms. The summed E-state index contributed by atoms with van der Waals surface area (Å²) in [4.78, 5) is 4.26. The van der Waals surface area contributed by atoms with E-state index in [9.17, 15) is 0 Å². The fourth-order valence-electron chi connectivity index (χ4n) is 1.89. The SMILES string of the molecule is CCCNC(Cc1sccc1Br)c1ccc(C)s1. The van der Waals surface area contributed by atoms with Gasteiger partial charge in [-0.15, -0.1) is 22.7 Å². The minimum atomic E-state index is 0.443. The molecular weight excluding hydrogens is 326 g/mol. The van der Waals surface area contributed by atoms with Crippen LogP contribution in [0.2, 0.25) is 0 Å². The predicted molar refractivity (Wildman–Crippen MR) is 85.8 cm³/mol. The molecule has 0 bridgehead atoms. The van der Waals surface area contributed by atoms with E-state index in [4.69, 9.17) is 0 Å². The average molecular weight is 344 g/mol. The number of aryl methyl sites for hydroxylation is 1. The number of thiophene rings is 2. The third-order valence-electron chi connectivity index (χ3n) is 2.83. The van der Waals surface area contributed by atoms with Crippen LogP contribution in [0.1, 0.15) is 34.0 Å². The Labute approximate surface area is 125 Å². The first kappa shape index (κ1) is 14.3. The number of rotatable bonds is 6. The summed E-state index contributed by atoms with van der Waals surface area (Å²) < 4.78 is 1.24. The van der Waals surface area contributed by atoms with E-state index in [0.717, 1.165) is 13.0 Å². The van der Waals surface area contributed by atoms with E-state index in [0.29, 0.717) is 6.04 Å². The van der Waals surface area contributed by atoms with Gasteiger partial charge in [0, 0.05) is 31.6 Å². The maximum Gasteiger partial charge on any atom is 0.0464 e. The van der Waals surface area contributed by atoms with Gasteiger partial charge in [0.25, 0.3) is 0 Å². The molecule has 98 valence electrons. The van der Waals surface area contributed by atoms with E-state index in [1.54, 1.807) is 0 Å². The predicted octanol–water partition coefficient (Wildman–Crippen LogP) is 5.16. The van der Waals surface area contributed by atoms with Gasteiger partial charge in [0.1, 0.15) is 0 Å². The molecule has 1 atom stereocenters. The van der Waals surface area contributed by atoms with Gasteiger partial charge in [0.05, 0.1) is 0 Å². The molecule has 0 amide bonds. The van der Waals surface area contributed by atoms with Crippen molar-refractivity contribution in [3.63, 3.8) is 0 Å². The molecule has 0 aliphatic rings. The van der Waals surface area contributed by atoms with E-state index in [1.165, 1.54) is 25.5 Å². The van der Waals surface area contributed by atoms with E-state index < -0.39 is 0 Å². The van der Waals surface area contributed by atoms with Gasteiger partial charge in [0.2, 0.25) is 0 Å². The molecule has 4 heteroatoms. The summed E-state index contributed by atoms with van der Waals surface area (Å²) in [5.74, 6) is 0. The van der Waals surface area contributed by atoms with Crippen LogP contribution in [-0.4, -0.2) is 6.54 Å². The third-order valence-corrected chi connectivity index (χ3v) is 5.89. The van der Waals surface area contributed by atoms with Crippen molar-refractivity contribution in [2.24, 2.45) is 0 Å². The van der Waals surface area contributed by atoms with Crippen LogP contribution in [0.3, 0.4) is 0 Å². The maximum atomic E-state index is 3.66. The first-order valence-corrected chi connectivity index (χ1v) is 8.71. The van der Waals surface area contributed by atoms with Crippen molar-refractivity contribution in [1.82, 2.24) is 5.32 Å². The average Bonchev–Trinajstić information content (AvgIpc) is 2.94. The van der Waals surface area contributed by atoms with Crippen LogP contribution in [0.5, 0.6) is 0 Å². The van der Waals surface area contributed by atoms with Crippen molar-refractivity contribution in [3.8, 4) is 0 Å². The summed E-state index contributed by atoms with van der Waals surface area (Å²) in [6.07, 6.45) is 2.24. The lowest BCUT2D eigenvalue weighted by Gasteiger charge is -2.16. The van der Waals surface area contributed by atoms with Gasteiger partial charge in [-0.2, -0.15) is 0 Å². The highest BCUT2D eigenvalue weighted by atomic mass is 79.9. The highest BCUT2D eigenvalue weighted by Crippen LogP contribution is 2.31. The molecule has 1 unspecified atom stereocenters. The monoisotopic (exact) mass is 343 g/mol. The second kappa shape index (κ2) is 6.85. The quantitative estimate of drug-likeness (QED) is 0.763. The fraction of sp³-hybridized carbons (Fsp3) is 0.429. The molecule has 0 aliphatic heterocycles. The second-order valence-corrected chi connectivity index (χ2v) is 7.53. The van der Waals surface area contributed by atoms with Crippen LogP contribution in [0.25, 0.3) is 0 Å². The van der Waals surface area contributed by atoms with Gasteiger partial charge in [-0.25, -0.2) is 0 Å². The van der Waals surface area contributed by atoms with Crippen LogP contribution in [0.4, 0.5) is 0 Å². The van der Waals surface area contributed by atoms with E-state index >= 15 is 0 Å². The largest absolute Gasteiger partial charge is 0.309 e. The molecular formula is C14H18BrNS2. The molecule has 0 saturated heterocycles. The molecule has 0 saturated carbocycles. The number of hydrogen-bond donors (Lipinski definition) is 1. The van der Waals surface area contributed by atoms with E-state index in [2.05, 4.69) is 58.7 Å². The minimum absolute atomic E-state index is 0.443. The molecule has 0 aromatic carbocycles. The van der Waals surface area contributed by atoms with Crippen LogP contribution >= 0.6 is 38.6 Å². The van der Waals surface area contributed by atoms with Gasteiger partial charge in [-0.3, -0.25) is 0 Å². The van der Waals surface area contributed by atoms with E-state index in [-0.39, 0.29) is 0 Å². The lowest BCUT2D eigenvalue weighted by atomic mass is 10.1. The molecule has 1 N–H and O–H groups in total. The van der Waals surface area contributed by atoms with Crippen LogP contribution < -0.4 is 5.32 Å². The summed E-state index contributed by atoms with van der Waals surface area (Å²) >= 11 is 7.36. The first-order valence-electron chi connectivity index (χ1n) is 6.22. The molecule has 2 rings (SSSR count). The maximum absolute atomic E-state index is 3.66. The highest BCUT2D eigenvalue weighted by Gasteiger charge is 2.15. The zero-order chi connectivity index (χ0) is 13.0. The van der Waals surface area contributed by atoms with Crippen molar-refractivity contribution >= 4 is 38.6 Å². The Hall–Kier alpha value is -0.160. The number of halogens is 1. The second-order valence-electron chi connectivity index (χ2n) is 4.35. The Balaban J connectivity index is 2.12. The summed E-state index contributed by atoms with van der Waals surface area (Å²) in [6.45, 7) is 5.46. The van der Waals surface area contributed by atoms with Crippen molar-refractivity contribution < 1.29 is 0 Å². The molecule has 2 aromatic rings. The Kier molecular flexibility index (Phi) is 5.42. The van der Waals surface area contributed by atoms with Crippen molar-refractivity contribution in [1.29, 1.82) is 0 Å². The van der Waals surface area contributed by atoms with Gasteiger partial charge >= 0.3 is 0 Å². The van der Waals surface area contributed by atoms with Gasteiger partial charge in [0.15, 0.2) is 0 Å². The number of nitrogens with one attached hydrogen (secondary N) is 1. The van der Waals surface area contributed by atoms with Crippen molar-refractivity contribution in [2.75, 3.05) is 6.54 Å². The first-order chi connectivity index (χ1) is 8.70. The minimum Gasteiger partial charge on any atom is -0.309 e. The molecule has 0 fully saturated rings.